The molecule has 3 aromatic rings. The first kappa shape index (κ1) is 23.5. The second-order valence-electron chi connectivity index (χ2n) is 10.2. The molecule has 4 aliphatic rings. The Balaban J connectivity index is 1.37. The smallest absolute Gasteiger partial charge is 0.247 e. The number of nitrogens with one attached hydrogen (secondary N) is 1. The number of imide groups is 1. The van der Waals surface area contributed by atoms with Crippen molar-refractivity contribution in [3.05, 3.63) is 95.1 Å². The first-order valence-electron chi connectivity index (χ1n) is 13.0. The molecule has 3 amide bonds. The van der Waals surface area contributed by atoms with Crippen molar-refractivity contribution in [3.8, 4) is 5.75 Å². The topological polar surface area (TPSA) is 75.7 Å². The first-order valence-corrected chi connectivity index (χ1v) is 13.0. The molecule has 1 aliphatic heterocycles. The molecule has 6 heteroatoms. The lowest BCUT2D eigenvalue weighted by molar-refractivity contribution is -0.147. The Labute approximate surface area is 216 Å². The van der Waals surface area contributed by atoms with E-state index >= 15 is 0 Å². The highest BCUT2D eigenvalue weighted by atomic mass is 16.5. The maximum Gasteiger partial charge on any atom is 0.247 e. The number of amides is 3. The number of likely N-dealkylation sites (tertiary alicyclic amines) is 1. The molecule has 1 saturated heterocycles. The Bertz CT molecular complexity index is 1270. The lowest BCUT2D eigenvalue weighted by atomic mass is 9.55. The largest absolute Gasteiger partial charge is 0.497 e. The fraction of sp³-hybridized carbons (Fsp3) is 0.323. The second kappa shape index (κ2) is 9.18. The molecule has 1 heterocycles. The van der Waals surface area contributed by atoms with E-state index in [0.717, 1.165) is 35.1 Å². The third-order valence-electron chi connectivity index (χ3n) is 8.29. The number of rotatable bonds is 7. The molecule has 0 saturated carbocycles. The minimum Gasteiger partial charge on any atom is -0.497 e. The van der Waals surface area contributed by atoms with Crippen molar-refractivity contribution < 1.29 is 19.1 Å². The monoisotopic (exact) mass is 494 g/mol. The molecule has 1 fully saturated rings. The summed E-state index contributed by atoms with van der Waals surface area (Å²) in [6.45, 7) is 2.04. The summed E-state index contributed by atoms with van der Waals surface area (Å²) in [7, 11) is 1.59. The van der Waals surface area contributed by atoms with Crippen molar-refractivity contribution in [1.82, 2.24) is 4.90 Å². The van der Waals surface area contributed by atoms with Crippen LogP contribution in [0, 0.1) is 11.8 Å². The second-order valence-corrected chi connectivity index (χ2v) is 10.2. The van der Waals surface area contributed by atoms with Crippen LogP contribution in [-0.2, 0) is 14.4 Å². The van der Waals surface area contributed by atoms with Gasteiger partial charge >= 0.3 is 0 Å². The number of anilines is 1. The van der Waals surface area contributed by atoms with Gasteiger partial charge in [0.2, 0.25) is 17.7 Å². The lowest BCUT2D eigenvalue weighted by Gasteiger charge is -2.45. The predicted octanol–water partition coefficient (Wildman–Crippen LogP) is 5.08. The van der Waals surface area contributed by atoms with Crippen molar-refractivity contribution in [2.75, 3.05) is 12.4 Å². The molecule has 0 spiro atoms. The normalized spacial score (nSPS) is 23.8. The summed E-state index contributed by atoms with van der Waals surface area (Å²) in [6.07, 6.45) is 2.03. The van der Waals surface area contributed by atoms with E-state index in [-0.39, 0.29) is 29.6 Å². The average molecular weight is 495 g/mol. The van der Waals surface area contributed by atoms with E-state index in [1.165, 1.54) is 4.90 Å². The highest BCUT2D eigenvalue weighted by Gasteiger charge is 2.62. The number of hydrogen-bond donors (Lipinski definition) is 1. The summed E-state index contributed by atoms with van der Waals surface area (Å²) in [4.78, 5) is 43.1. The van der Waals surface area contributed by atoms with E-state index in [1.54, 1.807) is 31.4 Å². The van der Waals surface area contributed by atoms with Gasteiger partial charge < -0.3 is 10.1 Å². The van der Waals surface area contributed by atoms with Gasteiger partial charge in [-0.1, -0.05) is 68.3 Å². The minimum absolute atomic E-state index is 0.180. The van der Waals surface area contributed by atoms with Gasteiger partial charge in [-0.3, -0.25) is 19.3 Å². The minimum atomic E-state index is -0.849. The van der Waals surface area contributed by atoms with E-state index < -0.39 is 17.9 Å². The van der Waals surface area contributed by atoms with Crippen LogP contribution in [0.3, 0.4) is 0 Å². The summed E-state index contributed by atoms with van der Waals surface area (Å²) >= 11 is 0. The van der Waals surface area contributed by atoms with E-state index in [1.807, 2.05) is 31.2 Å². The molecule has 0 radical (unpaired) electrons. The van der Waals surface area contributed by atoms with Gasteiger partial charge in [-0.05, 0) is 52.9 Å². The maximum atomic E-state index is 14.1. The highest BCUT2D eigenvalue weighted by molar-refractivity contribution is 6.11. The standard InChI is InChI=1S/C31H30N2O4/c1-3-4-13-24(29(34)32-18-14-16-19(37-2)17-15-18)33-30(35)27-25-20-9-5-6-10-21(20)26(28(27)31(33)36)23-12-8-7-11-22(23)25/h5-12,14-17,24-28H,3-4,13H2,1-2H3,(H,32,34)/t24-,25?,26?,27-,28-/m1/s1. The Morgan fingerprint density at radius 1 is 0.838 bits per heavy atom. The Morgan fingerprint density at radius 2 is 1.32 bits per heavy atom. The highest BCUT2D eigenvalue weighted by Crippen LogP contribution is 2.61. The molecule has 7 rings (SSSR count). The molecule has 0 unspecified atom stereocenters. The number of ether oxygens (including phenoxy) is 1. The van der Waals surface area contributed by atoms with Crippen LogP contribution in [-0.4, -0.2) is 35.8 Å². The summed E-state index contributed by atoms with van der Waals surface area (Å²) < 4.78 is 5.21. The fourth-order valence-electron chi connectivity index (χ4n) is 6.68. The maximum absolute atomic E-state index is 14.1. The Kier molecular flexibility index (Phi) is 5.82. The third-order valence-corrected chi connectivity index (χ3v) is 8.29. The van der Waals surface area contributed by atoms with Gasteiger partial charge in [0, 0.05) is 17.5 Å². The fourth-order valence-corrected chi connectivity index (χ4v) is 6.68. The lowest BCUT2D eigenvalue weighted by Crippen LogP contribution is -2.48. The van der Waals surface area contributed by atoms with Gasteiger partial charge in [-0.15, -0.1) is 0 Å². The Morgan fingerprint density at radius 3 is 1.76 bits per heavy atom. The molecule has 3 aliphatic carbocycles. The van der Waals surface area contributed by atoms with Crippen LogP contribution in [0.5, 0.6) is 5.75 Å². The quantitative estimate of drug-likeness (QED) is 0.465. The number of carbonyl (C=O) groups is 3. The number of methoxy groups -OCH3 is 1. The molecule has 1 N–H and O–H groups in total. The van der Waals surface area contributed by atoms with Gasteiger partial charge in [0.1, 0.15) is 11.8 Å². The zero-order valence-corrected chi connectivity index (χ0v) is 21.0. The van der Waals surface area contributed by atoms with E-state index in [2.05, 4.69) is 29.6 Å². The zero-order chi connectivity index (χ0) is 25.7. The molecular weight excluding hydrogens is 464 g/mol. The van der Waals surface area contributed by atoms with Crippen LogP contribution in [0.1, 0.15) is 60.3 Å². The number of benzene rings is 3. The molecule has 3 aromatic carbocycles. The molecule has 2 bridgehead atoms. The molecule has 188 valence electrons. The van der Waals surface area contributed by atoms with E-state index in [9.17, 15) is 14.4 Å². The van der Waals surface area contributed by atoms with Gasteiger partial charge in [-0.25, -0.2) is 0 Å². The van der Waals surface area contributed by atoms with Crippen molar-refractivity contribution in [3.63, 3.8) is 0 Å². The van der Waals surface area contributed by atoms with Gasteiger partial charge in [-0.2, -0.15) is 0 Å². The van der Waals surface area contributed by atoms with Crippen molar-refractivity contribution in [2.45, 2.75) is 44.1 Å². The van der Waals surface area contributed by atoms with Gasteiger partial charge in [0.25, 0.3) is 0 Å². The van der Waals surface area contributed by atoms with Crippen LogP contribution in [0.15, 0.2) is 72.8 Å². The van der Waals surface area contributed by atoms with Crippen LogP contribution in [0.4, 0.5) is 5.69 Å². The van der Waals surface area contributed by atoms with E-state index in [0.29, 0.717) is 17.9 Å². The summed E-state index contributed by atoms with van der Waals surface area (Å²) in [6, 6.07) is 22.6. The molecule has 37 heavy (non-hydrogen) atoms. The third kappa shape index (κ3) is 3.57. The van der Waals surface area contributed by atoms with Crippen LogP contribution >= 0.6 is 0 Å². The van der Waals surface area contributed by atoms with Gasteiger partial charge in [0.15, 0.2) is 0 Å². The number of nitrogens with zero attached hydrogens (tertiary/aromatic N) is 1. The number of unbranched alkanes of at least 4 members (excludes halogenated alkanes) is 1. The average Bonchev–Trinajstić information content (AvgIpc) is 3.19. The molecule has 3 atom stereocenters. The number of carbonyl (C=O) groups excluding carboxylic acids is 3. The van der Waals surface area contributed by atoms with Crippen molar-refractivity contribution in [2.24, 2.45) is 11.8 Å². The molecule has 6 nitrogen and oxygen atoms in total. The molecular formula is C31H30N2O4. The summed E-state index contributed by atoms with van der Waals surface area (Å²) in [5.74, 6) is -1.42. The SMILES string of the molecule is CCCC[C@H](C(=O)Nc1ccc(OC)cc1)N1C(=O)[C@@H]2C3c4ccccc4C(c4ccccc43)[C@H]2C1=O. The van der Waals surface area contributed by atoms with Crippen molar-refractivity contribution in [1.29, 1.82) is 0 Å². The zero-order valence-electron chi connectivity index (χ0n) is 21.0. The number of hydrogen-bond acceptors (Lipinski definition) is 4. The van der Waals surface area contributed by atoms with Crippen molar-refractivity contribution >= 4 is 23.4 Å². The van der Waals surface area contributed by atoms with E-state index in [4.69, 9.17) is 4.74 Å². The van der Waals surface area contributed by atoms with Crippen LogP contribution in [0.25, 0.3) is 0 Å². The first-order chi connectivity index (χ1) is 18.0. The van der Waals surface area contributed by atoms with Crippen LogP contribution < -0.4 is 10.1 Å². The van der Waals surface area contributed by atoms with Gasteiger partial charge in [0.05, 0.1) is 18.9 Å². The van der Waals surface area contributed by atoms with Crippen LogP contribution in [0.2, 0.25) is 0 Å². The molecule has 0 aromatic heterocycles. The predicted molar refractivity (Wildman–Crippen MR) is 140 cm³/mol. The summed E-state index contributed by atoms with van der Waals surface area (Å²) in [5.41, 5.74) is 5.11. The Hall–Kier alpha value is -3.93. The summed E-state index contributed by atoms with van der Waals surface area (Å²) in [5, 5.41) is 2.93.